The largest absolute Gasteiger partial charge is 0.497 e. The lowest BCUT2D eigenvalue weighted by molar-refractivity contribution is 0.413. The maximum Gasteiger partial charge on any atom is 0.174 e. The molecule has 4 aromatic rings. The zero-order valence-corrected chi connectivity index (χ0v) is 20.8. The SMILES string of the molecule is COc1ccc(Oc2ccc(N3C(=S)N[C@H](c4ccccn4)[C@H]3c3ccn(C(C)C)c3)cc2)cc1. The van der Waals surface area contributed by atoms with Crippen molar-refractivity contribution in [3.05, 3.63) is 103 Å². The number of nitrogens with zero attached hydrogens (tertiary/aromatic N) is 3. The second-order valence-corrected chi connectivity index (χ2v) is 9.14. The summed E-state index contributed by atoms with van der Waals surface area (Å²) in [6.45, 7) is 4.35. The standard InChI is InChI=1S/C28H28N4O2S/c1-19(2)31-17-15-20(18-31)27-26(25-6-4-5-16-29-25)30-28(35)32(27)21-7-9-23(10-8-21)34-24-13-11-22(33-3)12-14-24/h4-19,26-27H,1-3H3,(H,30,35)/t26-,27-/m1/s1. The smallest absolute Gasteiger partial charge is 0.174 e. The molecular formula is C28H28N4O2S. The minimum absolute atomic E-state index is 0.0363. The number of pyridine rings is 1. The highest BCUT2D eigenvalue weighted by molar-refractivity contribution is 7.80. The molecule has 0 unspecified atom stereocenters. The molecule has 3 heterocycles. The van der Waals surface area contributed by atoms with Crippen molar-refractivity contribution in [1.82, 2.24) is 14.9 Å². The van der Waals surface area contributed by atoms with Crippen molar-refractivity contribution in [2.24, 2.45) is 0 Å². The summed E-state index contributed by atoms with van der Waals surface area (Å²) in [7, 11) is 1.65. The van der Waals surface area contributed by atoms with Crippen molar-refractivity contribution in [2.75, 3.05) is 12.0 Å². The normalized spacial score (nSPS) is 17.5. The third kappa shape index (κ3) is 4.72. The Morgan fingerprint density at radius 3 is 2.20 bits per heavy atom. The Hall–Kier alpha value is -3.84. The number of hydrogen-bond acceptors (Lipinski definition) is 4. The zero-order valence-electron chi connectivity index (χ0n) is 20.0. The van der Waals surface area contributed by atoms with Crippen molar-refractivity contribution in [1.29, 1.82) is 0 Å². The fraction of sp³-hybridized carbons (Fsp3) is 0.214. The maximum absolute atomic E-state index is 6.02. The van der Waals surface area contributed by atoms with Gasteiger partial charge in [0.25, 0.3) is 0 Å². The van der Waals surface area contributed by atoms with E-state index in [0.29, 0.717) is 11.2 Å². The van der Waals surface area contributed by atoms with Crippen molar-refractivity contribution in [3.8, 4) is 17.2 Å². The number of nitrogens with one attached hydrogen (secondary N) is 1. The molecule has 6 nitrogen and oxygen atoms in total. The molecule has 0 aliphatic carbocycles. The van der Waals surface area contributed by atoms with Crippen LogP contribution in [0, 0.1) is 0 Å². The molecule has 1 aliphatic rings. The fourth-order valence-corrected chi connectivity index (χ4v) is 4.70. The lowest BCUT2D eigenvalue weighted by atomic mass is 9.98. The quantitative estimate of drug-likeness (QED) is 0.305. The lowest BCUT2D eigenvalue weighted by Crippen LogP contribution is -2.29. The van der Waals surface area contributed by atoms with Gasteiger partial charge in [-0.05, 0) is 98.4 Å². The van der Waals surface area contributed by atoms with Crippen LogP contribution in [0.2, 0.25) is 0 Å². The van der Waals surface area contributed by atoms with Crippen LogP contribution in [0.5, 0.6) is 17.2 Å². The average molecular weight is 485 g/mol. The molecule has 1 aliphatic heterocycles. The van der Waals surface area contributed by atoms with Gasteiger partial charge in [-0.1, -0.05) is 6.07 Å². The van der Waals surface area contributed by atoms with Crippen LogP contribution in [0.25, 0.3) is 0 Å². The monoisotopic (exact) mass is 484 g/mol. The minimum atomic E-state index is -0.0677. The van der Waals surface area contributed by atoms with E-state index in [0.717, 1.165) is 28.6 Å². The molecule has 1 fully saturated rings. The predicted molar refractivity (Wildman–Crippen MR) is 142 cm³/mol. The molecule has 2 aromatic heterocycles. The van der Waals surface area contributed by atoms with Crippen LogP contribution in [0.3, 0.4) is 0 Å². The van der Waals surface area contributed by atoms with Gasteiger partial charge in [0, 0.05) is 30.3 Å². The molecular weight excluding hydrogens is 456 g/mol. The van der Waals surface area contributed by atoms with Gasteiger partial charge >= 0.3 is 0 Å². The Bertz CT molecular complexity index is 1290. The minimum Gasteiger partial charge on any atom is -0.497 e. The first kappa shape index (κ1) is 22.9. The van der Waals surface area contributed by atoms with Crippen molar-refractivity contribution < 1.29 is 9.47 Å². The molecule has 1 saturated heterocycles. The summed E-state index contributed by atoms with van der Waals surface area (Å²) < 4.78 is 13.5. The van der Waals surface area contributed by atoms with E-state index >= 15 is 0 Å². The molecule has 1 N–H and O–H groups in total. The number of hydrogen-bond donors (Lipinski definition) is 1. The number of ether oxygens (including phenoxy) is 2. The Labute approximate surface area is 211 Å². The third-order valence-corrected chi connectivity index (χ3v) is 6.50. The molecule has 0 radical (unpaired) electrons. The fourth-order valence-electron chi connectivity index (χ4n) is 4.35. The van der Waals surface area contributed by atoms with Crippen LogP contribution in [0.15, 0.2) is 91.4 Å². The van der Waals surface area contributed by atoms with Gasteiger partial charge in [0.05, 0.1) is 24.9 Å². The summed E-state index contributed by atoms with van der Waals surface area (Å²) in [4.78, 5) is 6.80. The average Bonchev–Trinajstić information content (AvgIpc) is 3.50. The summed E-state index contributed by atoms with van der Waals surface area (Å²) in [5.41, 5.74) is 3.13. The number of anilines is 1. The molecule has 0 bridgehead atoms. The number of aromatic nitrogens is 2. The number of rotatable bonds is 7. The molecule has 0 spiro atoms. The summed E-state index contributed by atoms with van der Waals surface area (Å²) in [6.07, 6.45) is 6.15. The Morgan fingerprint density at radius 1 is 0.914 bits per heavy atom. The highest BCUT2D eigenvalue weighted by atomic mass is 32.1. The highest BCUT2D eigenvalue weighted by Crippen LogP contribution is 2.42. The molecule has 2 aromatic carbocycles. The topological polar surface area (TPSA) is 51.6 Å². The van der Waals surface area contributed by atoms with E-state index in [1.807, 2.05) is 72.9 Å². The second-order valence-electron chi connectivity index (χ2n) is 8.75. The van der Waals surface area contributed by atoms with Gasteiger partial charge < -0.3 is 24.3 Å². The number of benzene rings is 2. The molecule has 0 saturated carbocycles. The first-order valence-corrected chi connectivity index (χ1v) is 12.0. The predicted octanol–water partition coefficient (Wildman–Crippen LogP) is 6.44. The highest BCUT2D eigenvalue weighted by Gasteiger charge is 2.41. The molecule has 35 heavy (non-hydrogen) atoms. The molecule has 2 atom stereocenters. The van der Waals surface area contributed by atoms with Crippen LogP contribution in [0.4, 0.5) is 5.69 Å². The molecule has 5 rings (SSSR count). The summed E-state index contributed by atoms with van der Waals surface area (Å²) in [5, 5.41) is 4.19. The van der Waals surface area contributed by atoms with Crippen molar-refractivity contribution >= 4 is 23.0 Å². The second kappa shape index (κ2) is 9.80. The van der Waals surface area contributed by atoms with Crippen LogP contribution < -0.4 is 19.7 Å². The van der Waals surface area contributed by atoms with E-state index in [2.05, 4.69) is 52.1 Å². The van der Waals surface area contributed by atoms with Gasteiger partial charge in [-0.3, -0.25) is 4.98 Å². The van der Waals surface area contributed by atoms with Crippen LogP contribution in [0.1, 0.15) is 43.2 Å². The van der Waals surface area contributed by atoms with E-state index in [4.69, 9.17) is 21.7 Å². The summed E-state index contributed by atoms with van der Waals surface area (Å²) in [6, 6.07) is 24.0. The van der Waals surface area contributed by atoms with E-state index in [-0.39, 0.29) is 12.1 Å². The number of methoxy groups -OCH3 is 1. The molecule has 0 amide bonds. The van der Waals surface area contributed by atoms with Gasteiger partial charge in [0.15, 0.2) is 5.11 Å². The van der Waals surface area contributed by atoms with Gasteiger partial charge in [-0.25, -0.2) is 0 Å². The maximum atomic E-state index is 6.02. The molecule has 178 valence electrons. The van der Waals surface area contributed by atoms with Crippen molar-refractivity contribution in [2.45, 2.75) is 32.0 Å². The number of thiocarbonyl (C=S) groups is 1. The zero-order chi connectivity index (χ0) is 24.4. The Morgan fingerprint density at radius 2 is 1.60 bits per heavy atom. The van der Waals surface area contributed by atoms with Crippen LogP contribution in [-0.2, 0) is 0 Å². The Kier molecular flexibility index (Phi) is 6.42. The lowest BCUT2D eigenvalue weighted by Gasteiger charge is -2.27. The molecule has 7 heteroatoms. The van der Waals surface area contributed by atoms with Gasteiger partial charge in [-0.2, -0.15) is 0 Å². The van der Waals surface area contributed by atoms with Crippen LogP contribution in [-0.4, -0.2) is 21.8 Å². The van der Waals surface area contributed by atoms with Gasteiger partial charge in [0.1, 0.15) is 17.2 Å². The van der Waals surface area contributed by atoms with E-state index in [9.17, 15) is 0 Å². The third-order valence-electron chi connectivity index (χ3n) is 6.18. The van der Waals surface area contributed by atoms with E-state index in [1.165, 1.54) is 5.56 Å². The van der Waals surface area contributed by atoms with E-state index < -0.39 is 0 Å². The summed E-state index contributed by atoms with van der Waals surface area (Å²) >= 11 is 5.83. The Balaban J connectivity index is 1.45. The van der Waals surface area contributed by atoms with Crippen molar-refractivity contribution in [3.63, 3.8) is 0 Å². The van der Waals surface area contributed by atoms with Gasteiger partial charge in [0.2, 0.25) is 0 Å². The first-order valence-electron chi connectivity index (χ1n) is 11.6. The first-order chi connectivity index (χ1) is 17.0. The van der Waals surface area contributed by atoms with Gasteiger partial charge in [-0.15, -0.1) is 0 Å². The van der Waals surface area contributed by atoms with E-state index in [1.54, 1.807) is 7.11 Å². The summed E-state index contributed by atoms with van der Waals surface area (Å²) in [5.74, 6) is 2.29. The van der Waals surface area contributed by atoms with Crippen LogP contribution >= 0.6 is 12.2 Å².